The summed E-state index contributed by atoms with van der Waals surface area (Å²) in [5.74, 6) is 0.0265. The molecule has 0 radical (unpaired) electrons. The third-order valence-corrected chi connectivity index (χ3v) is 6.59. The van der Waals surface area contributed by atoms with Crippen LogP contribution in [-0.2, 0) is 25.5 Å². The standard InChI is InChI=1S/C8H12ClNO4S3/c1-2-16(11,12)10-6-5-7-3-4-8(15-7)17(9,13)14/h3-4,10H,2,5-6H2,1H3. The molecule has 0 aromatic carbocycles. The Balaban J connectivity index is 2.58. The molecule has 0 atom stereocenters. The molecular weight excluding hydrogens is 306 g/mol. The molecule has 1 aromatic heterocycles. The minimum atomic E-state index is -3.69. The Kier molecular flexibility index (Phi) is 4.96. The van der Waals surface area contributed by atoms with Gasteiger partial charge in [0.15, 0.2) is 0 Å². The zero-order valence-corrected chi connectivity index (χ0v) is 12.2. The lowest BCUT2D eigenvalue weighted by atomic mass is 10.3. The lowest BCUT2D eigenvalue weighted by Crippen LogP contribution is -2.27. The first-order chi connectivity index (χ1) is 7.74. The Morgan fingerprint density at radius 2 is 1.94 bits per heavy atom. The molecule has 0 aliphatic carbocycles. The van der Waals surface area contributed by atoms with Gasteiger partial charge in [0.2, 0.25) is 10.0 Å². The number of hydrogen-bond donors (Lipinski definition) is 1. The molecule has 1 aromatic rings. The Hall–Kier alpha value is -0.150. The maximum absolute atomic E-state index is 11.1. The van der Waals surface area contributed by atoms with Gasteiger partial charge in [-0.15, -0.1) is 11.3 Å². The first kappa shape index (κ1) is 14.9. The molecule has 0 aliphatic heterocycles. The van der Waals surface area contributed by atoms with Gasteiger partial charge in [-0.3, -0.25) is 0 Å². The van der Waals surface area contributed by atoms with Crippen LogP contribution in [0.3, 0.4) is 0 Å². The van der Waals surface area contributed by atoms with E-state index in [-0.39, 0.29) is 16.5 Å². The highest BCUT2D eigenvalue weighted by atomic mass is 35.7. The van der Waals surface area contributed by atoms with Crippen molar-refractivity contribution in [2.75, 3.05) is 12.3 Å². The van der Waals surface area contributed by atoms with E-state index in [9.17, 15) is 16.8 Å². The summed E-state index contributed by atoms with van der Waals surface area (Å²) < 4.78 is 46.7. The van der Waals surface area contributed by atoms with E-state index in [0.717, 1.165) is 16.2 Å². The molecule has 1 N–H and O–H groups in total. The molecular formula is C8H12ClNO4S3. The molecule has 1 heterocycles. The van der Waals surface area contributed by atoms with Crippen LogP contribution in [0.2, 0.25) is 0 Å². The van der Waals surface area contributed by atoms with Gasteiger partial charge in [-0.05, 0) is 25.5 Å². The Labute approximate surface area is 109 Å². The number of rotatable bonds is 6. The van der Waals surface area contributed by atoms with Gasteiger partial charge < -0.3 is 0 Å². The van der Waals surface area contributed by atoms with Gasteiger partial charge in [-0.25, -0.2) is 21.6 Å². The number of halogens is 1. The van der Waals surface area contributed by atoms with E-state index in [2.05, 4.69) is 4.72 Å². The molecule has 0 aliphatic rings. The van der Waals surface area contributed by atoms with E-state index >= 15 is 0 Å². The van der Waals surface area contributed by atoms with Gasteiger partial charge in [0.1, 0.15) is 4.21 Å². The van der Waals surface area contributed by atoms with Crippen LogP contribution in [0.25, 0.3) is 0 Å². The average Bonchev–Trinajstić information content (AvgIpc) is 2.66. The molecule has 0 bridgehead atoms. The zero-order valence-electron chi connectivity index (χ0n) is 9.01. The largest absolute Gasteiger partial charge is 0.270 e. The second-order valence-electron chi connectivity index (χ2n) is 3.21. The van der Waals surface area contributed by atoms with Crippen molar-refractivity contribution in [3.8, 4) is 0 Å². The Bertz CT molecular complexity index is 576. The number of thiophene rings is 1. The van der Waals surface area contributed by atoms with E-state index in [1.165, 1.54) is 6.07 Å². The van der Waals surface area contributed by atoms with Gasteiger partial charge in [-0.2, -0.15) is 0 Å². The normalized spacial score (nSPS) is 12.8. The molecule has 0 fully saturated rings. The van der Waals surface area contributed by atoms with E-state index in [0.29, 0.717) is 6.42 Å². The molecule has 0 amide bonds. The van der Waals surface area contributed by atoms with Crippen LogP contribution in [0.1, 0.15) is 11.8 Å². The van der Waals surface area contributed by atoms with Gasteiger partial charge in [0.25, 0.3) is 9.05 Å². The highest BCUT2D eigenvalue weighted by Gasteiger charge is 2.13. The summed E-state index contributed by atoms with van der Waals surface area (Å²) in [7, 11) is -1.72. The first-order valence-corrected chi connectivity index (χ1v) is 9.53. The zero-order chi connectivity index (χ0) is 13.1. The molecule has 5 nitrogen and oxygen atoms in total. The quantitative estimate of drug-likeness (QED) is 0.798. The fourth-order valence-electron chi connectivity index (χ4n) is 1.06. The monoisotopic (exact) mass is 317 g/mol. The third kappa shape index (κ3) is 4.92. The van der Waals surface area contributed by atoms with Crippen molar-refractivity contribution in [3.63, 3.8) is 0 Å². The van der Waals surface area contributed by atoms with Crippen LogP contribution in [0.15, 0.2) is 16.3 Å². The minimum Gasteiger partial charge on any atom is -0.215 e. The molecule has 0 spiro atoms. The van der Waals surface area contributed by atoms with Crippen LogP contribution in [0.4, 0.5) is 0 Å². The number of nitrogens with one attached hydrogen (secondary N) is 1. The van der Waals surface area contributed by atoms with E-state index < -0.39 is 19.1 Å². The van der Waals surface area contributed by atoms with E-state index in [1.54, 1.807) is 13.0 Å². The highest BCUT2D eigenvalue weighted by molar-refractivity contribution is 8.15. The summed E-state index contributed by atoms with van der Waals surface area (Å²) >= 11 is 1.04. The lowest BCUT2D eigenvalue weighted by molar-refractivity contribution is 0.583. The first-order valence-electron chi connectivity index (χ1n) is 4.75. The van der Waals surface area contributed by atoms with Crippen molar-refractivity contribution < 1.29 is 16.8 Å². The van der Waals surface area contributed by atoms with E-state index in [4.69, 9.17) is 10.7 Å². The van der Waals surface area contributed by atoms with Gasteiger partial charge in [0.05, 0.1) is 5.75 Å². The van der Waals surface area contributed by atoms with Crippen molar-refractivity contribution in [2.45, 2.75) is 17.6 Å². The average molecular weight is 318 g/mol. The highest BCUT2D eigenvalue weighted by Crippen LogP contribution is 2.24. The second kappa shape index (κ2) is 5.66. The molecule has 1 rings (SSSR count). The molecule has 0 saturated carbocycles. The molecule has 0 saturated heterocycles. The van der Waals surface area contributed by atoms with Gasteiger partial charge >= 0.3 is 0 Å². The summed E-state index contributed by atoms with van der Waals surface area (Å²) in [6, 6.07) is 3.04. The maximum Gasteiger partial charge on any atom is 0.270 e. The second-order valence-corrected chi connectivity index (χ2v) is 9.26. The van der Waals surface area contributed by atoms with Gasteiger partial charge in [0, 0.05) is 22.1 Å². The number of hydrogen-bond acceptors (Lipinski definition) is 5. The Morgan fingerprint density at radius 1 is 1.29 bits per heavy atom. The van der Waals surface area contributed by atoms with Crippen LogP contribution in [0, 0.1) is 0 Å². The molecule has 0 unspecified atom stereocenters. The fraction of sp³-hybridized carbons (Fsp3) is 0.500. The molecule has 17 heavy (non-hydrogen) atoms. The van der Waals surface area contributed by atoms with Gasteiger partial charge in [-0.1, -0.05) is 0 Å². The topological polar surface area (TPSA) is 80.3 Å². The SMILES string of the molecule is CCS(=O)(=O)NCCc1ccc(S(=O)(=O)Cl)s1. The molecule has 98 valence electrons. The predicted molar refractivity (Wildman–Crippen MR) is 68.5 cm³/mol. The predicted octanol–water partition coefficient (Wildman–Crippen LogP) is 1.16. The van der Waals surface area contributed by atoms with E-state index in [1.807, 2.05) is 0 Å². The number of sulfonamides is 1. The summed E-state index contributed by atoms with van der Waals surface area (Å²) in [5.41, 5.74) is 0. The van der Waals surface area contributed by atoms with Crippen LogP contribution >= 0.6 is 22.0 Å². The third-order valence-electron chi connectivity index (χ3n) is 1.95. The summed E-state index contributed by atoms with van der Waals surface area (Å²) in [4.78, 5) is 0.767. The van der Waals surface area contributed by atoms with Crippen molar-refractivity contribution in [2.24, 2.45) is 0 Å². The Morgan fingerprint density at radius 3 is 2.41 bits per heavy atom. The van der Waals surface area contributed by atoms with Crippen molar-refractivity contribution in [3.05, 3.63) is 17.0 Å². The van der Waals surface area contributed by atoms with Crippen molar-refractivity contribution in [1.29, 1.82) is 0 Å². The van der Waals surface area contributed by atoms with Crippen LogP contribution < -0.4 is 4.72 Å². The minimum absolute atomic E-state index is 0.0265. The smallest absolute Gasteiger partial charge is 0.215 e. The fourth-order valence-corrected chi connectivity index (χ4v) is 3.79. The summed E-state index contributed by atoms with van der Waals surface area (Å²) in [6.45, 7) is 1.80. The van der Waals surface area contributed by atoms with Crippen LogP contribution in [-0.4, -0.2) is 29.1 Å². The summed E-state index contributed by atoms with van der Waals surface area (Å²) in [5, 5.41) is 0. The summed E-state index contributed by atoms with van der Waals surface area (Å²) in [6.07, 6.45) is 0.441. The van der Waals surface area contributed by atoms with Crippen LogP contribution in [0.5, 0.6) is 0 Å². The lowest BCUT2D eigenvalue weighted by Gasteiger charge is -2.02. The van der Waals surface area contributed by atoms with Crippen molar-refractivity contribution >= 4 is 41.1 Å². The van der Waals surface area contributed by atoms with Crippen molar-refractivity contribution in [1.82, 2.24) is 4.72 Å². The maximum atomic E-state index is 11.1. The molecule has 9 heteroatoms.